The van der Waals surface area contributed by atoms with Crippen molar-refractivity contribution in [2.45, 2.75) is 18.2 Å². The van der Waals surface area contributed by atoms with Crippen LogP contribution in [-0.4, -0.2) is 38.1 Å². The van der Waals surface area contributed by atoms with E-state index in [1.807, 2.05) is 0 Å². The van der Waals surface area contributed by atoms with Gasteiger partial charge in [-0.05, 0) is 18.9 Å². The fraction of sp³-hybridized carbons (Fsp3) is 0.500. The minimum absolute atomic E-state index is 0.113. The van der Waals surface area contributed by atoms with Gasteiger partial charge in [0.15, 0.2) is 11.5 Å². The molecule has 0 bridgehead atoms. The van der Waals surface area contributed by atoms with E-state index in [-0.39, 0.29) is 5.91 Å². The molecular weight excluding hydrogens is 301 g/mol. The SMILES string of the molecule is COc1ccc(C(Cl)C(=O)N2CCCC2)c(Cl)c1OC. The Morgan fingerprint density at radius 2 is 1.90 bits per heavy atom. The molecule has 1 fully saturated rings. The van der Waals surface area contributed by atoms with Crippen LogP contribution >= 0.6 is 23.2 Å². The molecule has 1 atom stereocenters. The van der Waals surface area contributed by atoms with Gasteiger partial charge in [0.2, 0.25) is 5.91 Å². The highest BCUT2D eigenvalue weighted by Crippen LogP contribution is 2.41. The van der Waals surface area contributed by atoms with E-state index in [0.29, 0.717) is 22.1 Å². The van der Waals surface area contributed by atoms with Crippen molar-refractivity contribution in [3.63, 3.8) is 0 Å². The molecule has 20 heavy (non-hydrogen) atoms. The first-order chi connectivity index (χ1) is 9.60. The van der Waals surface area contributed by atoms with Gasteiger partial charge < -0.3 is 14.4 Å². The van der Waals surface area contributed by atoms with E-state index in [9.17, 15) is 4.79 Å². The second-order valence-corrected chi connectivity index (χ2v) is 5.41. The quantitative estimate of drug-likeness (QED) is 0.800. The highest BCUT2D eigenvalue weighted by molar-refractivity contribution is 6.37. The van der Waals surface area contributed by atoms with Crippen molar-refractivity contribution in [2.75, 3.05) is 27.3 Å². The number of carbonyl (C=O) groups is 1. The predicted molar refractivity (Wildman–Crippen MR) is 79.0 cm³/mol. The molecule has 1 amide bonds. The normalized spacial score (nSPS) is 16.1. The fourth-order valence-electron chi connectivity index (χ4n) is 2.33. The number of carbonyl (C=O) groups excluding carboxylic acids is 1. The summed E-state index contributed by atoms with van der Waals surface area (Å²) in [6, 6.07) is 3.40. The van der Waals surface area contributed by atoms with Crippen molar-refractivity contribution < 1.29 is 14.3 Å². The molecule has 6 heteroatoms. The summed E-state index contributed by atoms with van der Waals surface area (Å²) in [6.45, 7) is 1.51. The highest BCUT2D eigenvalue weighted by Gasteiger charge is 2.29. The minimum Gasteiger partial charge on any atom is -0.493 e. The topological polar surface area (TPSA) is 38.8 Å². The fourth-order valence-corrected chi connectivity index (χ4v) is 3.05. The smallest absolute Gasteiger partial charge is 0.245 e. The second-order valence-electron chi connectivity index (χ2n) is 4.60. The Morgan fingerprint density at radius 3 is 2.45 bits per heavy atom. The summed E-state index contributed by atoms with van der Waals surface area (Å²) >= 11 is 12.6. The number of likely N-dealkylation sites (tertiary alicyclic amines) is 1. The number of halogens is 2. The monoisotopic (exact) mass is 317 g/mol. The summed E-state index contributed by atoms with van der Waals surface area (Å²) in [7, 11) is 3.03. The second kappa shape index (κ2) is 6.55. The van der Waals surface area contributed by atoms with E-state index in [1.165, 1.54) is 14.2 Å². The van der Waals surface area contributed by atoms with Gasteiger partial charge in [0.1, 0.15) is 5.38 Å². The molecule has 1 aliphatic heterocycles. The first kappa shape index (κ1) is 15.3. The third-order valence-corrected chi connectivity index (χ3v) is 4.23. The average molecular weight is 318 g/mol. The van der Waals surface area contributed by atoms with Gasteiger partial charge in [-0.3, -0.25) is 4.79 Å². The van der Waals surface area contributed by atoms with Crippen LogP contribution < -0.4 is 9.47 Å². The zero-order valence-corrected chi connectivity index (χ0v) is 13.0. The first-order valence-electron chi connectivity index (χ1n) is 6.43. The largest absolute Gasteiger partial charge is 0.493 e. The van der Waals surface area contributed by atoms with Crippen LogP contribution in [0.25, 0.3) is 0 Å². The molecule has 1 saturated heterocycles. The van der Waals surface area contributed by atoms with Crippen molar-refractivity contribution in [3.8, 4) is 11.5 Å². The van der Waals surface area contributed by atoms with Gasteiger partial charge in [0, 0.05) is 18.7 Å². The molecule has 1 aromatic carbocycles. The third-order valence-electron chi connectivity index (χ3n) is 3.42. The maximum atomic E-state index is 12.3. The number of benzene rings is 1. The Balaban J connectivity index is 2.29. The van der Waals surface area contributed by atoms with Gasteiger partial charge in [-0.15, -0.1) is 11.6 Å². The number of ether oxygens (including phenoxy) is 2. The lowest BCUT2D eigenvalue weighted by atomic mass is 10.1. The number of amides is 1. The summed E-state index contributed by atoms with van der Waals surface area (Å²) in [4.78, 5) is 14.1. The molecule has 0 N–H and O–H groups in total. The van der Waals surface area contributed by atoms with E-state index in [4.69, 9.17) is 32.7 Å². The maximum absolute atomic E-state index is 12.3. The molecule has 0 saturated carbocycles. The number of rotatable bonds is 4. The van der Waals surface area contributed by atoms with Crippen LogP contribution in [0.3, 0.4) is 0 Å². The number of hydrogen-bond acceptors (Lipinski definition) is 3. The molecule has 1 unspecified atom stereocenters. The lowest BCUT2D eigenvalue weighted by molar-refractivity contribution is -0.129. The van der Waals surface area contributed by atoms with E-state index in [0.717, 1.165) is 25.9 Å². The third kappa shape index (κ3) is 2.81. The Hall–Kier alpha value is -1.13. The van der Waals surface area contributed by atoms with Crippen LogP contribution in [-0.2, 0) is 4.79 Å². The summed E-state index contributed by atoms with van der Waals surface area (Å²) in [5.41, 5.74) is 0.544. The van der Waals surface area contributed by atoms with Crippen molar-refractivity contribution in [1.82, 2.24) is 4.90 Å². The Morgan fingerprint density at radius 1 is 1.25 bits per heavy atom. The van der Waals surface area contributed by atoms with Crippen LogP contribution in [0.15, 0.2) is 12.1 Å². The molecule has 4 nitrogen and oxygen atoms in total. The molecule has 110 valence electrons. The first-order valence-corrected chi connectivity index (χ1v) is 7.24. The molecule has 0 aromatic heterocycles. The van der Waals surface area contributed by atoms with Gasteiger partial charge in [-0.1, -0.05) is 17.7 Å². The summed E-state index contributed by atoms with van der Waals surface area (Å²) in [6.07, 6.45) is 2.05. The van der Waals surface area contributed by atoms with E-state index in [2.05, 4.69) is 0 Å². The van der Waals surface area contributed by atoms with Gasteiger partial charge >= 0.3 is 0 Å². The van der Waals surface area contributed by atoms with Gasteiger partial charge in [0.05, 0.1) is 19.2 Å². The summed E-state index contributed by atoms with van der Waals surface area (Å²) in [5, 5.41) is -0.486. The van der Waals surface area contributed by atoms with E-state index < -0.39 is 5.38 Å². The van der Waals surface area contributed by atoms with Crippen LogP contribution in [0, 0.1) is 0 Å². The van der Waals surface area contributed by atoms with Crippen LogP contribution in [0.5, 0.6) is 11.5 Å². The summed E-state index contributed by atoms with van der Waals surface area (Å²) < 4.78 is 10.4. The highest BCUT2D eigenvalue weighted by atomic mass is 35.5. The van der Waals surface area contributed by atoms with Crippen molar-refractivity contribution in [2.24, 2.45) is 0 Å². The average Bonchev–Trinajstić information content (AvgIpc) is 2.99. The molecule has 0 radical (unpaired) electrons. The van der Waals surface area contributed by atoms with Crippen molar-refractivity contribution in [1.29, 1.82) is 0 Å². The Labute approximate surface area is 128 Å². The molecular formula is C14H17Cl2NO3. The van der Waals surface area contributed by atoms with Crippen LogP contribution in [0.4, 0.5) is 0 Å². The predicted octanol–water partition coefficient (Wildman–Crippen LogP) is 3.26. The molecule has 1 heterocycles. The number of methoxy groups -OCH3 is 2. The number of nitrogens with zero attached hydrogens (tertiary/aromatic N) is 1. The number of alkyl halides is 1. The number of hydrogen-bond donors (Lipinski definition) is 0. The lowest BCUT2D eigenvalue weighted by Gasteiger charge is -2.21. The van der Waals surface area contributed by atoms with E-state index >= 15 is 0 Å². The lowest BCUT2D eigenvalue weighted by Crippen LogP contribution is -2.30. The Kier molecular flexibility index (Phi) is 5.00. The van der Waals surface area contributed by atoms with Crippen molar-refractivity contribution >= 4 is 29.1 Å². The Bertz CT molecular complexity index is 501. The molecule has 0 spiro atoms. The molecule has 2 rings (SSSR count). The minimum atomic E-state index is -0.805. The summed E-state index contributed by atoms with van der Waals surface area (Å²) in [5.74, 6) is 0.795. The molecule has 1 aliphatic rings. The van der Waals surface area contributed by atoms with Crippen LogP contribution in [0.2, 0.25) is 5.02 Å². The van der Waals surface area contributed by atoms with Gasteiger partial charge in [0.25, 0.3) is 0 Å². The zero-order valence-electron chi connectivity index (χ0n) is 11.5. The standard InChI is InChI=1S/C14H17Cl2NO3/c1-19-10-6-5-9(11(15)13(10)20-2)12(16)14(18)17-7-3-4-8-17/h5-6,12H,3-4,7-8H2,1-2H3. The zero-order chi connectivity index (χ0) is 14.7. The molecule has 0 aliphatic carbocycles. The van der Waals surface area contributed by atoms with Gasteiger partial charge in [-0.2, -0.15) is 0 Å². The molecule has 1 aromatic rings. The van der Waals surface area contributed by atoms with Crippen LogP contribution in [0.1, 0.15) is 23.8 Å². The maximum Gasteiger partial charge on any atom is 0.245 e. The van der Waals surface area contributed by atoms with Crippen molar-refractivity contribution in [3.05, 3.63) is 22.7 Å². The van der Waals surface area contributed by atoms with Gasteiger partial charge in [-0.25, -0.2) is 0 Å². The van der Waals surface area contributed by atoms with E-state index in [1.54, 1.807) is 17.0 Å².